The van der Waals surface area contributed by atoms with Crippen LogP contribution in [-0.2, 0) is 9.05 Å². The van der Waals surface area contributed by atoms with E-state index in [1.165, 1.54) is 11.8 Å². The van der Waals surface area contributed by atoms with Crippen molar-refractivity contribution < 1.29 is 8.42 Å². The Bertz CT molecular complexity index is 523. The second-order valence-electron chi connectivity index (χ2n) is 2.84. The first-order valence-electron chi connectivity index (χ1n) is 4.17. The van der Waals surface area contributed by atoms with Crippen molar-refractivity contribution in [1.82, 2.24) is 0 Å². The molecule has 0 bridgehead atoms. The van der Waals surface area contributed by atoms with Gasteiger partial charge in [-0.2, -0.15) is 5.26 Å². The van der Waals surface area contributed by atoms with Crippen molar-refractivity contribution >= 4 is 43.1 Å². The first-order chi connectivity index (χ1) is 7.42. The molecule has 0 saturated carbocycles. The van der Waals surface area contributed by atoms with E-state index in [0.29, 0.717) is 21.2 Å². The average Bonchev–Trinajstić information content (AvgIpc) is 2.18. The second-order valence-corrected chi connectivity index (χ2v) is 7.31. The van der Waals surface area contributed by atoms with Gasteiger partial charge in [-0.25, -0.2) is 8.42 Å². The van der Waals surface area contributed by atoms with Gasteiger partial charge in [-0.15, -0.1) is 11.8 Å². The van der Waals surface area contributed by atoms with Gasteiger partial charge in [-0.1, -0.05) is 11.6 Å². The number of hydrogen-bond acceptors (Lipinski definition) is 4. The summed E-state index contributed by atoms with van der Waals surface area (Å²) in [5, 5.41) is 9.31. The number of hydrogen-bond donors (Lipinski definition) is 0. The van der Waals surface area contributed by atoms with Gasteiger partial charge in [0, 0.05) is 26.4 Å². The molecular formula is C9H7Cl2NO2S2. The van der Waals surface area contributed by atoms with Crippen LogP contribution in [0.4, 0.5) is 0 Å². The number of rotatable bonds is 4. The predicted molar refractivity (Wildman–Crippen MR) is 66.5 cm³/mol. The zero-order valence-electron chi connectivity index (χ0n) is 7.98. The molecule has 0 aliphatic carbocycles. The Morgan fingerprint density at radius 2 is 2.12 bits per heavy atom. The van der Waals surface area contributed by atoms with E-state index in [9.17, 15) is 8.42 Å². The minimum absolute atomic E-state index is 0.132. The molecular weight excluding hydrogens is 289 g/mol. The molecule has 1 rings (SSSR count). The van der Waals surface area contributed by atoms with E-state index in [0.717, 1.165) is 0 Å². The maximum absolute atomic E-state index is 10.7. The highest BCUT2D eigenvalue weighted by Gasteiger charge is 2.08. The first kappa shape index (κ1) is 13.7. The third kappa shape index (κ3) is 4.62. The molecule has 0 aliphatic rings. The Morgan fingerprint density at radius 3 is 2.69 bits per heavy atom. The lowest BCUT2D eigenvalue weighted by atomic mass is 10.2. The maximum Gasteiger partial charge on any atom is 0.233 e. The minimum atomic E-state index is -3.48. The molecule has 0 N–H and O–H groups in total. The van der Waals surface area contributed by atoms with Crippen molar-refractivity contribution in [2.75, 3.05) is 11.5 Å². The summed E-state index contributed by atoms with van der Waals surface area (Å²) in [7, 11) is 1.59. The lowest BCUT2D eigenvalue weighted by molar-refractivity contribution is 0.611. The van der Waals surface area contributed by atoms with Gasteiger partial charge in [0.2, 0.25) is 9.05 Å². The van der Waals surface area contributed by atoms with Crippen molar-refractivity contribution in [2.24, 2.45) is 0 Å². The Kier molecular flexibility index (Phi) is 4.93. The average molecular weight is 296 g/mol. The van der Waals surface area contributed by atoms with E-state index in [1.807, 2.05) is 6.07 Å². The number of nitrogens with zero attached hydrogens (tertiary/aromatic N) is 1. The maximum atomic E-state index is 10.7. The van der Waals surface area contributed by atoms with Gasteiger partial charge >= 0.3 is 0 Å². The summed E-state index contributed by atoms with van der Waals surface area (Å²) in [4.78, 5) is 0.701. The minimum Gasteiger partial charge on any atom is -0.212 e. The Balaban J connectivity index is 2.72. The summed E-state index contributed by atoms with van der Waals surface area (Å²) < 4.78 is 21.4. The first-order valence-corrected chi connectivity index (χ1v) is 8.01. The fourth-order valence-corrected chi connectivity index (χ4v) is 3.48. The summed E-state index contributed by atoms with van der Waals surface area (Å²) in [6, 6.07) is 6.88. The van der Waals surface area contributed by atoms with Gasteiger partial charge in [0.25, 0.3) is 0 Å². The van der Waals surface area contributed by atoms with E-state index < -0.39 is 9.05 Å². The monoisotopic (exact) mass is 295 g/mol. The van der Waals surface area contributed by atoms with Crippen LogP contribution in [0.25, 0.3) is 0 Å². The molecule has 7 heteroatoms. The van der Waals surface area contributed by atoms with Crippen LogP contribution in [-0.4, -0.2) is 19.9 Å². The molecule has 0 amide bonds. The SMILES string of the molecule is N#Cc1cc(Cl)ccc1SCCS(=O)(=O)Cl. The fourth-order valence-electron chi connectivity index (χ4n) is 0.967. The van der Waals surface area contributed by atoms with Crippen molar-refractivity contribution in [1.29, 1.82) is 5.26 Å². The van der Waals surface area contributed by atoms with Gasteiger partial charge in [0.05, 0.1) is 11.3 Å². The molecule has 0 aliphatic heterocycles. The van der Waals surface area contributed by atoms with Gasteiger partial charge < -0.3 is 0 Å². The quantitative estimate of drug-likeness (QED) is 0.633. The molecule has 0 spiro atoms. The molecule has 0 fully saturated rings. The van der Waals surface area contributed by atoms with Crippen molar-refractivity contribution in [3.63, 3.8) is 0 Å². The lowest BCUT2D eigenvalue weighted by Gasteiger charge is -2.02. The molecule has 86 valence electrons. The van der Waals surface area contributed by atoms with Crippen molar-refractivity contribution in [3.05, 3.63) is 28.8 Å². The second kappa shape index (κ2) is 5.78. The number of thioether (sulfide) groups is 1. The normalized spacial score (nSPS) is 11.1. The van der Waals surface area contributed by atoms with Crippen LogP contribution in [0.2, 0.25) is 5.02 Å². The highest BCUT2D eigenvalue weighted by molar-refractivity contribution is 8.14. The summed E-state index contributed by atoms with van der Waals surface area (Å²) in [6.45, 7) is 0. The Hall–Kier alpha value is -0.410. The van der Waals surface area contributed by atoms with E-state index in [1.54, 1.807) is 18.2 Å². The summed E-state index contributed by atoms with van der Waals surface area (Å²) in [6.07, 6.45) is 0. The molecule has 1 aromatic rings. The van der Waals surface area contributed by atoms with Gasteiger partial charge in [-0.05, 0) is 18.2 Å². The van der Waals surface area contributed by atoms with Gasteiger partial charge in [0.15, 0.2) is 0 Å². The van der Waals surface area contributed by atoms with Crippen LogP contribution < -0.4 is 0 Å². The Morgan fingerprint density at radius 1 is 1.44 bits per heavy atom. The molecule has 0 aromatic heterocycles. The van der Waals surface area contributed by atoms with E-state index in [4.69, 9.17) is 27.5 Å². The molecule has 0 radical (unpaired) electrons. The number of benzene rings is 1. The van der Waals surface area contributed by atoms with Crippen LogP contribution >= 0.6 is 34.0 Å². The molecule has 3 nitrogen and oxygen atoms in total. The molecule has 0 unspecified atom stereocenters. The van der Waals surface area contributed by atoms with E-state index in [2.05, 4.69) is 0 Å². The summed E-state index contributed by atoms with van der Waals surface area (Å²) >= 11 is 6.99. The third-order valence-electron chi connectivity index (χ3n) is 1.65. The zero-order chi connectivity index (χ0) is 12.2. The van der Waals surface area contributed by atoms with Crippen LogP contribution in [0.1, 0.15) is 5.56 Å². The summed E-state index contributed by atoms with van der Waals surface area (Å²) in [5.41, 5.74) is 0.435. The summed E-state index contributed by atoms with van der Waals surface area (Å²) in [5.74, 6) is 0.175. The van der Waals surface area contributed by atoms with Gasteiger partial charge in [0.1, 0.15) is 6.07 Å². The lowest BCUT2D eigenvalue weighted by Crippen LogP contribution is -1.99. The van der Waals surface area contributed by atoms with Gasteiger partial charge in [-0.3, -0.25) is 0 Å². The van der Waals surface area contributed by atoms with Crippen LogP contribution in [0, 0.1) is 11.3 Å². The van der Waals surface area contributed by atoms with Crippen molar-refractivity contribution in [3.8, 4) is 6.07 Å². The molecule has 1 aromatic carbocycles. The van der Waals surface area contributed by atoms with Crippen molar-refractivity contribution in [2.45, 2.75) is 4.90 Å². The molecule has 0 heterocycles. The topological polar surface area (TPSA) is 57.9 Å². The van der Waals surface area contributed by atoms with Crippen LogP contribution in [0.5, 0.6) is 0 Å². The van der Waals surface area contributed by atoms with E-state index >= 15 is 0 Å². The Labute approximate surface area is 108 Å². The molecule has 16 heavy (non-hydrogen) atoms. The van der Waals surface area contributed by atoms with Crippen LogP contribution in [0.3, 0.4) is 0 Å². The molecule has 0 saturated heterocycles. The zero-order valence-corrected chi connectivity index (χ0v) is 11.1. The van der Waals surface area contributed by atoms with Crippen LogP contribution in [0.15, 0.2) is 23.1 Å². The number of nitriles is 1. The highest BCUT2D eigenvalue weighted by Crippen LogP contribution is 2.25. The predicted octanol–water partition coefficient (Wildman–Crippen LogP) is 2.87. The van der Waals surface area contributed by atoms with E-state index in [-0.39, 0.29) is 5.75 Å². The fraction of sp³-hybridized carbons (Fsp3) is 0.222. The standard InChI is InChI=1S/C9H7Cl2NO2S2/c10-8-1-2-9(7(5-8)6-12)15-3-4-16(11,13)14/h1-2,5H,3-4H2. The molecule has 0 atom stereocenters. The highest BCUT2D eigenvalue weighted by atomic mass is 35.7. The number of halogens is 2. The third-order valence-corrected chi connectivity index (χ3v) is 4.37. The smallest absolute Gasteiger partial charge is 0.212 e. The largest absolute Gasteiger partial charge is 0.233 e.